The number of ether oxygens (including phenoxy) is 1. The van der Waals surface area contributed by atoms with Crippen LogP contribution in [-0.4, -0.2) is 18.7 Å². The minimum absolute atomic E-state index is 0.00890. The molecular formula is C16H24ClNO. The zero-order valence-corrected chi connectivity index (χ0v) is 12.7. The lowest BCUT2D eigenvalue weighted by Gasteiger charge is -2.42. The van der Waals surface area contributed by atoms with E-state index in [4.69, 9.17) is 16.3 Å². The molecule has 0 spiro atoms. The molecular weight excluding hydrogens is 258 g/mol. The van der Waals surface area contributed by atoms with Crippen LogP contribution in [0.4, 0.5) is 0 Å². The van der Waals surface area contributed by atoms with E-state index in [2.05, 4.69) is 19.2 Å². The number of nitrogens with one attached hydrogen (secondary N) is 1. The molecule has 0 heterocycles. The molecule has 2 rings (SSSR count). The normalized spacial score (nSPS) is 17.3. The zero-order valence-electron chi connectivity index (χ0n) is 11.9. The van der Waals surface area contributed by atoms with Crippen LogP contribution in [0.25, 0.3) is 0 Å². The van der Waals surface area contributed by atoms with Gasteiger partial charge in [-0.05, 0) is 56.8 Å². The molecule has 0 radical (unpaired) electrons. The van der Waals surface area contributed by atoms with Crippen molar-refractivity contribution in [2.45, 2.75) is 45.1 Å². The van der Waals surface area contributed by atoms with Gasteiger partial charge in [0.15, 0.2) is 0 Å². The van der Waals surface area contributed by atoms with Gasteiger partial charge >= 0.3 is 0 Å². The van der Waals surface area contributed by atoms with Crippen LogP contribution in [0.2, 0.25) is 5.02 Å². The maximum atomic E-state index is 6.20. The van der Waals surface area contributed by atoms with Crippen molar-refractivity contribution in [3.05, 3.63) is 29.3 Å². The molecule has 1 fully saturated rings. The van der Waals surface area contributed by atoms with Crippen molar-refractivity contribution in [2.24, 2.45) is 5.92 Å². The van der Waals surface area contributed by atoms with Crippen LogP contribution in [0.15, 0.2) is 24.3 Å². The zero-order chi connectivity index (χ0) is 13.7. The Balaban J connectivity index is 1.86. The first kappa shape index (κ1) is 14.7. The highest BCUT2D eigenvalue weighted by molar-refractivity contribution is 6.32. The molecule has 3 heteroatoms. The molecule has 1 aromatic carbocycles. The summed E-state index contributed by atoms with van der Waals surface area (Å²) in [6, 6.07) is 7.77. The highest BCUT2D eigenvalue weighted by Crippen LogP contribution is 2.40. The van der Waals surface area contributed by atoms with Gasteiger partial charge in [-0.3, -0.25) is 0 Å². The van der Waals surface area contributed by atoms with E-state index in [0.29, 0.717) is 10.9 Å². The van der Waals surface area contributed by atoms with Crippen LogP contribution in [0.1, 0.15) is 39.5 Å². The molecule has 1 N–H and O–H groups in total. The lowest BCUT2D eigenvalue weighted by molar-refractivity contribution is -0.0142. The SMILES string of the molecule is CC(C)CNCCC1(Oc2ccccc2Cl)CCC1. The summed E-state index contributed by atoms with van der Waals surface area (Å²) < 4.78 is 6.20. The number of hydrogen-bond acceptors (Lipinski definition) is 2. The van der Waals surface area contributed by atoms with E-state index in [9.17, 15) is 0 Å². The Morgan fingerprint density at radius 2 is 2.05 bits per heavy atom. The molecule has 0 aromatic heterocycles. The lowest BCUT2D eigenvalue weighted by atomic mass is 9.77. The van der Waals surface area contributed by atoms with Crippen molar-refractivity contribution in [3.8, 4) is 5.75 Å². The van der Waals surface area contributed by atoms with Crippen LogP contribution < -0.4 is 10.1 Å². The minimum atomic E-state index is 0.00890. The maximum Gasteiger partial charge on any atom is 0.138 e. The standard InChI is InChI=1S/C16H24ClNO/c1-13(2)12-18-11-10-16(8-5-9-16)19-15-7-4-3-6-14(15)17/h3-4,6-7,13,18H,5,8-12H2,1-2H3. The van der Waals surface area contributed by atoms with Gasteiger partial charge in [0.05, 0.1) is 5.02 Å². The van der Waals surface area contributed by atoms with Gasteiger partial charge in [-0.15, -0.1) is 0 Å². The smallest absolute Gasteiger partial charge is 0.138 e. The third kappa shape index (κ3) is 4.12. The van der Waals surface area contributed by atoms with Crippen LogP contribution in [0.5, 0.6) is 5.75 Å². The number of para-hydroxylation sites is 1. The molecule has 1 aliphatic carbocycles. The summed E-state index contributed by atoms with van der Waals surface area (Å²) in [5.41, 5.74) is 0.00890. The molecule has 0 bridgehead atoms. The highest BCUT2D eigenvalue weighted by Gasteiger charge is 2.39. The second-order valence-electron chi connectivity index (χ2n) is 5.92. The Bertz CT molecular complexity index is 401. The van der Waals surface area contributed by atoms with E-state index in [0.717, 1.165) is 38.1 Å². The lowest BCUT2D eigenvalue weighted by Crippen LogP contribution is -2.45. The summed E-state index contributed by atoms with van der Waals surface area (Å²) in [5.74, 6) is 1.52. The monoisotopic (exact) mass is 281 g/mol. The second-order valence-corrected chi connectivity index (χ2v) is 6.32. The van der Waals surface area contributed by atoms with Crippen molar-refractivity contribution in [1.82, 2.24) is 5.32 Å². The Morgan fingerprint density at radius 3 is 2.63 bits per heavy atom. The van der Waals surface area contributed by atoms with Crippen molar-refractivity contribution in [3.63, 3.8) is 0 Å². The van der Waals surface area contributed by atoms with E-state index in [1.54, 1.807) is 0 Å². The van der Waals surface area contributed by atoms with Crippen LogP contribution in [0, 0.1) is 5.92 Å². The maximum absolute atomic E-state index is 6.20. The Hall–Kier alpha value is -0.730. The van der Waals surface area contributed by atoms with Crippen LogP contribution in [0.3, 0.4) is 0 Å². The van der Waals surface area contributed by atoms with E-state index >= 15 is 0 Å². The van der Waals surface area contributed by atoms with Gasteiger partial charge in [-0.25, -0.2) is 0 Å². The summed E-state index contributed by atoms with van der Waals surface area (Å²) in [6.45, 7) is 6.55. The predicted molar refractivity (Wildman–Crippen MR) is 81.0 cm³/mol. The Labute approximate surface area is 121 Å². The molecule has 19 heavy (non-hydrogen) atoms. The second kappa shape index (κ2) is 6.62. The van der Waals surface area contributed by atoms with Gasteiger partial charge in [0.1, 0.15) is 11.4 Å². The van der Waals surface area contributed by atoms with Crippen LogP contribution in [-0.2, 0) is 0 Å². The first-order valence-electron chi connectivity index (χ1n) is 7.26. The molecule has 0 amide bonds. The van der Waals surface area contributed by atoms with E-state index in [1.807, 2.05) is 24.3 Å². The third-order valence-electron chi connectivity index (χ3n) is 3.74. The number of benzene rings is 1. The van der Waals surface area contributed by atoms with E-state index < -0.39 is 0 Å². The fourth-order valence-corrected chi connectivity index (χ4v) is 2.62. The molecule has 0 aliphatic heterocycles. The number of halogens is 1. The topological polar surface area (TPSA) is 21.3 Å². The Morgan fingerprint density at radius 1 is 1.32 bits per heavy atom. The molecule has 2 nitrogen and oxygen atoms in total. The number of hydrogen-bond donors (Lipinski definition) is 1. The van der Waals surface area contributed by atoms with Gasteiger partial charge < -0.3 is 10.1 Å². The summed E-state index contributed by atoms with van der Waals surface area (Å²) in [5, 5.41) is 4.21. The quantitative estimate of drug-likeness (QED) is 0.754. The fraction of sp³-hybridized carbons (Fsp3) is 0.625. The van der Waals surface area contributed by atoms with Crippen molar-refractivity contribution >= 4 is 11.6 Å². The van der Waals surface area contributed by atoms with Crippen molar-refractivity contribution < 1.29 is 4.74 Å². The average molecular weight is 282 g/mol. The summed E-state index contributed by atoms with van der Waals surface area (Å²) in [4.78, 5) is 0. The van der Waals surface area contributed by atoms with Crippen molar-refractivity contribution in [2.75, 3.05) is 13.1 Å². The Kier molecular flexibility index (Phi) is 5.12. The van der Waals surface area contributed by atoms with Gasteiger partial charge in [-0.1, -0.05) is 37.6 Å². The first-order valence-corrected chi connectivity index (χ1v) is 7.63. The molecule has 0 unspecified atom stereocenters. The van der Waals surface area contributed by atoms with Gasteiger partial charge in [-0.2, -0.15) is 0 Å². The minimum Gasteiger partial charge on any atom is -0.486 e. The van der Waals surface area contributed by atoms with Crippen molar-refractivity contribution in [1.29, 1.82) is 0 Å². The van der Waals surface area contributed by atoms with Gasteiger partial charge in [0.25, 0.3) is 0 Å². The fourth-order valence-electron chi connectivity index (χ4n) is 2.44. The summed E-state index contributed by atoms with van der Waals surface area (Å²) in [6.07, 6.45) is 4.60. The molecule has 1 aliphatic rings. The van der Waals surface area contributed by atoms with E-state index in [-0.39, 0.29) is 5.60 Å². The first-order chi connectivity index (χ1) is 9.11. The molecule has 0 atom stereocenters. The largest absolute Gasteiger partial charge is 0.486 e. The predicted octanol–water partition coefficient (Wildman–Crippen LogP) is 4.28. The molecule has 1 saturated carbocycles. The summed E-state index contributed by atoms with van der Waals surface area (Å²) >= 11 is 6.17. The van der Waals surface area contributed by atoms with Gasteiger partial charge in [0, 0.05) is 0 Å². The summed E-state index contributed by atoms with van der Waals surface area (Å²) in [7, 11) is 0. The molecule has 106 valence electrons. The molecule has 1 aromatic rings. The van der Waals surface area contributed by atoms with Gasteiger partial charge in [0.2, 0.25) is 0 Å². The third-order valence-corrected chi connectivity index (χ3v) is 4.05. The number of rotatable bonds is 7. The highest BCUT2D eigenvalue weighted by atomic mass is 35.5. The van der Waals surface area contributed by atoms with Crippen LogP contribution >= 0.6 is 11.6 Å². The average Bonchev–Trinajstić information content (AvgIpc) is 2.33. The van der Waals surface area contributed by atoms with E-state index in [1.165, 1.54) is 6.42 Å². The molecule has 0 saturated heterocycles.